The Morgan fingerprint density at radius 3 is 2.11 bits per heavy atom. The average Bonchev–Trinajstić information content (AvgIpc) is 2.24. The van der Waals surface area contributed by atoms with Gasteiger partial charge in [0.1, 0.15) is 0 Å². The topological polar surface area (TPSA) is 46.3 Å². The van der Waals surface area contributed by atoms with Crippen LogP contribution in [0.3, 0.4) is 0 Å². The minimum atomic E-state index is 0.00651. The molecular formula is C15H32N2O. The van der Waals surface area contributed by atoms with Gasteiger partial charge in [-0.05, 0) is 30.2 Å². The molecule has 0 aliphatic heterocycles. The first-order valence-electron chi connectivity index (χ1n) is 7.09. The predicted octanol–water partition coefficient (Wildman–Crippen LogP) is 3.04. The van der Waals surface area contributed by atoms with Crippen molar-refractivity contribution in [2.24, 2.45) is 16.6 Å². The summed E-state index contributed by atoms with van der Waals surface area (Å²) < 4.78 is 0. The van der Waals surface area contributed by atoms with E-state index in [9.17, 15) is 4.79 Å². The Kier molecular flexibility index (Phi) is 6.90. The van der Waals surface area contributed by atoms with Gasteiger partial charge in [0.05, 0.1) is 0 Å². The Balaban J connectivity index is 4.45. The molecule has 108 valence electrons. The molecule has 0 unspecified atom stereocenters. The first-order chi connectivity index (χ1) is 8.11. The fourth-order valence-corrected chi connectivity index (χ4v) is 1.78. The van der Waals surface area contributed by atoms with Gasteiger partial charge < -0.3 is 10.6 Å². The van der Waals surface area contributed by atoms with Crippen molar-refractivity contribution in [3.05, 3.63) is 0 Å². The molecule has 18 heavy (non-hydrogen) atoms. The van der Waals surface area contributed by atoms with Gasteiger partial charge in [-0.3, -0.25) is 4.79 Å². The van der Waals surface area contributed by atoms with E-state index in [1.807, 2.05) is 4.90 Å². The van der Waals surface area contributed by atoms with Crippen molar-refractivity contribution < 1.29 is 4.79 Å². The van der Waals surface area contributed by atoms with Crippen molar-refractivity contribution >= 4 is 5.91 Å². The number of rotatable bonds is 7. The maximum atomic E-state index is 12.3. The molecule has 0 radical (unpaired) electrons. The molecule has 0 aliphatic carbocycles. The smallest absolute Gasteiger partial charge is 0.222 e. The molecule has 0 rings (SSSR count). The van der Waals surface area contributed by atoms with E-state index in [1.165, 1.54) is 0 Å². The molecule has 1 amide bonds. The van der Waals surface area contributed by atoms with Crippen LogP contribution in [0.15, 0.2) is 0 Å². The van der Waals surface area contributed by atoms with Crippen LogP contribution in [0.2, 0.25) is 0 Å². The maximum absolute atomic E-state index is 12.3. The summed E-state index contributed by atoms with van der Waals surface area (Å²) in [4.78, 5) is 14.2. The van der Waals surface area contributed by atoms with Crippen molar-refractivity contribution in [3.8, 4) is 0 Å². The van der Waals surface area contributed by atoms with E-state index in [2.05, 4.69) is 41.5 Å². The van der Waals surface area contributed by atoms with Gasteiger partial charge in [0, 0.05) is 19.5 Å². The minimum absolute atomic E-state index is 0.00651. The molecule has 0 aromatic heterocycles. The van der Waals surface area contributed by atoms with E-state index >= 15 is 0 Å². The summed E-state index contributed by atoms with van der Waals surface area (Å²) in [5.74, 6) is 0.272. The number of nitrogens with zero attached hydrogens (tertiary/aromatic N) is 1. The lowest BCUT2D eigenvalue weighted by Crippen LogP contribution is -2.42. The van der Waals surface area contributed by atoms with Crippen LogP contribution in [-0.4, -0.2) is 30.4 Å². The van der Waals surface area contributed by atoms with Gasteiger partial charge in [-0.15, -0.1) is 0 Å². The van der Waals surface area contributed by atoms with Crippen LogP contribution >= 0.6 is 0 Å². The summed E-state index contributed by atoms with van der Waals surface area (Å²) in [5.41, 5.74) is 5.98. The number of carbonyl (C=O) groups is 1. The van der Waals surface area contributed by atoms with E-state index in [0.29, 0.717) is 13.0 Å². The van der Waals surface area contributed by atoms with Crippen LogP contribution in [0, 0.1) is 10.8 Å². The third kappa shape index (κ3) is 7.70. The fourth-order valence-electron chi connectivity index (χ4n) is 1.78. The molecule has 0 heterocycles. The zero-order valence-electron chi connectivity index (χ0n) is 13.2. The van der Waals surface area contributed by atoms with Crippen LogP contribution < -0.4 is 5.73 Å². The summed E-state index contributed by atoms with van der Waals surface area (Å²) >= 11 is 0. The maximum Gasteiger partial charge on any atom is 0.222 e. The first-order valence-corrected chi connectivity index (χ1v) is 7.09. The lowest BCUT2D eigenvalue weighted by molar-refractivity contribution is -0.133. The van der Waals surface area contributed by atoms with Gasteiger partial charge in [-0.2, -0.15) is 0 Å². The third-order valence-electron chi connectivity index (χ3n) is 3.11. The first kappa shape index (κ1) is 17.4. The largest absolute Gasteiger partial charge is 0.342 e. The number of amides is 1. The van der Waals surface area contributed by atoms with Gasteiger partial charge >= 0.3 is 0 Å². The van der Waals surface area contributed by atoms with Crippen molar-refractivity contribution in [3.63, 3.8) is 0 Å². The molecule has 0 aromatic carbocycles. The fraction of sp³-hybridized carbons (Fsp3) is 0.933. The summed E-state index contributed by atoms with van der Waals surface area (Å²) in [7, 11) is 0. The molecule has 0 bridgehead atoms. The minimum Gasteiger partial charge on any atom is -0.342 e. The molecule has 3 nitrogen and oxygen atoms in total. The molecule has 0 fully saturated rings. The van der Waals surface area contributed by atoms with Crippen molar-refractivity contribution in [2.75, 3.05) is 19.6 Å². The van der Waals surface area contributed by atoms with Gasteiger partial charge in [-0.1, -0.05) is 41.5 Å². The van der Waals surface area contributed by atoms with Gasteiger partial charge in [-0.25, -0.2) is 0 Å². The van der Waals surface area contributed by atoms with Gasteiger partial charge in [0.25, 0.3) is 0 Å². The van der Waals surface area contributed by atoms with Crippen LogP contribution in [0.1, 0.15) is 60.8 Å². The quantitative estimate of drug-likeness (QED) is 0.761. The van der Waals surface area contributed by atoms with Crippen molar-refractivity contribution in [2.45, 2.75) is 60.8 Å². The molecule has 3 heteroatoms. The van der Waals surface area contributed by atoms with E-state index in [-0.39, 0.29) is 16.7 Å². The second kappa shape index (κ2) is 7.13. The van der Waals surface area contributed by atoms with Crippen LogP contribution in [0.5, 0.6) is 0 Å². The van der Waals surface area contributed by atoms with Crippen LogP contribution in [0.25, 0.3) is 0 Å². The molecular weight excluding hydrogens is 224 g/mol. The molecule has 0 aliphatic rings. The highest BCUT2D eigenvalue weighted by molar-refractivity contribution is 5.76. The highest BCUT2D eigenvalue weighted by atomic mass is 16.2. The summed E-state index contributed by atoms with van der Waals surface area (Å²) in [5, 5.41) is 0. The number of hydrogen-bond donors (Lipinski definition) is 1. The second-order valence-electron chi connectivity index (χ2n) is 7.24. The van der Waals surface area contributed by atoms with Crippen LogP contribution in [-0.2, 0) is 4.79 Å². The highest BCUT2D eigenvalue weighted by Crippen LogP contribution is 2.22. The zero-order valence-corrected chi connectivity index (χ0v) is 13.2. The van der Waals surface area contributed by atoms with Gasteiger partial charge in [0.2, 0.25) is 5.91 Å². The Bertz CT molecular complexity index is 254. The van der Waals surface area contributed by atoms with E-state index < -0.39 is 0 Å². The number of carbonyl (C=O) groups excluding carboxylic acids is 1. The van der Waals surface area contributed by atoms with Gasteiger partial charge in [0.15, 0.2) is 0 Å². The lowest BCUT2D eigenvalue weighted by Gasteiger charge is -2.32. The number of hydrogen-bond acceptors (Lipinski definition) is 2. The highest BCUT2D eigenvalue weighted by Gasteiger charge is 2.24. The number of nitrogens with two attached hydrogens (primary N) is 1. The third-order valence-corrected chi connectivity index (χ3v) is 3.11. The van der Waals surface area contributed by atoms with Crippen LogP contribution in [0.4, 0.5) is 0 Å². The monoisotopic (exact) mass is 256 g/mol. The zero-order chi connectivity index (χ0) is 14.4. The van der Waals surface area contributed by atoms with Crippen molar-refractivity contribution in [1.29, 1.82) is 0 Å². The molecule has 0 saturated carbocycles. The summed E-state index contributed by atoms with van der Waals surface area (Å²) in [6.45, 7) is 15.1. The van der Waals surface area contributed by atoms with E-state index in [4.69, 9.17) is 5.73 Å². The van der Waals surface area contributed by atoms with E-state index in [1.54, 1.807) is 0 Å². The lowest BCUT2D eigenvalue weighted by atomic mass is 9.89. The molecule has 0 spiro atoms. The molecule has 0 aromatic rings. The van der Waals surface area contributed by atoms with E-state index in [0.717, 1.165) is 25.9 Å². The SMILES string of the molecule is CCCN(CC(C)(C)CN)C(=O)CCC(C)(C)C. The standard InChI is InChI=1S/C15H32N2O/c1-7-10-17(12-15(5,6)11-16)13(18)8-9-14(2,3)4/h7-12,16H2,1-6H3. The molecule has 0 atom stereocenters. The Morgan fingerprint density at radius 2 is 1.72 bits per heavy atom. The Labute approximate surface area is 113 Å². The average molecular weight is 256 g/mol. The Morgan fingerprint density at radius 1 is 1.17 bits per heavy atom. The summed E-state index contributed by atoms with van der Waals surface area (Å²) in [6, 6.07) is 0. The second-order valence-corrected chi connectivity index (χ2v) is 7.24. The molecule has 0 saturated heterocycles. The predicted molar refractivity (Wildman–Crippen MR) is 78.4 cm³/mol. The Hall–Kier alpha value is -0.570. The molecule has 2 N–H and O–H groups in total. The van der Waals surface area contributed by atoms with Crippen molar-refractivity contribution in [1.82, 2.24) is 4.90 Å². The normalized spacial score (nSPS) is 12.6. The summed E-state index contributed by atoms with van der Waals surface area (Å²) in [6.07, 6.45) is 2.58.